The molecule has 0 saturated carbocycles. The Kier molecular flexibility index (Phi) is 6.06. The molecule has 1 aromatic heterocycles. The van der Waals surface area contributed by atoms with Gasteiger partial charge in [0.15, 0.2) is 0 Å². The van der Waals surface area contributed by atoms with E-state index in [0.29, 0.717) is 6.04 Å². The van der Waals surface area contributed by atoms with Crippen LogP contribution in [0.5, 0.6) is 0 Å². The van der Waals surface area contributed by atoms with Gasteiger partial charge >= 0.3 is 0 Å². The molecule has 0 saturated heterocycles. The summed E-state index contributed by atoms with van der Waals surface area (Å²) >= 11 is 1.87. The Morgan fingerprint density at radius 2 is 2.06 bits per heavy atom. The van der Waals surface area contributed by atoms with E-state index in [9.17, 15) is 0 Å². The number of nitrogens with one attached hydrogen (secondary N) is 1. The number of aromatic nitrogens is 2. The molecule has 0 fully saturated rings. The Labute approximate surface area is 109 Å². The summed E-state index contributed by atoms with van der Waals surface area (Å²) in [6, 6.07) is 0.558. The van der Waals surface area contributed by atoms with E-state index in [4.69, 9.17) is 0 Å². The van der Waals surface area contributed by atoms with Crippen LogP contribution in [-0.4, -0.2) is 34.4 Å². The first-order valence-corrected chi connectivity index (χ1v) is 7.70. The quantitative estimate of drug-likeness (QED) is 0.811. The second-order valence-electron chi connectivity index (χ2n) is 4.72. The van der Waals surface area contributed by atoms with E-state index in [1.165, 1.54) is 17.0 Å². The van der Waals surface area contributed by atoms with Gasteiger partial charge in [-0.15, -0.1) is 0 Å². The maximum atomic E-state index is 4.62. The molecule has 3 nitrogen and oxygen atoms in total. The van der Waals surface area contributed by atoms with Gasteiger partial charge in [-0.05, 0) is 38.6 Å². The van der Waals surface area contributed by atoms with Crippen LogP contribution in [0.25, 0.3) is 0 Å². The van der Waals surface area contributed by atoms with Crippen molar-refractivity contribution in [2.45, 2.75) is 46.7 Å². The lowest BCUT2D eigenvalue weighted by molar-refractivity contribution is 0.588. The average molecular weight is 255 g/mol. The minimum atomic E-state index is 0.558. The van der Waals surface area contributed by atoms with Crippen molar-refractivity contribution in [2.75, 3.05) is 18.6 Å². The summed E-state index contributed by atoms with van der Waals surface area (Å²) in [5.74, 6) is 1.13. The largest absolute Gasteiger partial charge is 0.314 e. The lowest BCUT2D eigenvalue weighted by Crippen LogP contribution is -2.25. The number of aryl methyl sites for hydroxylation is 2. The maximum absolute atomic E-state index is 4.62. The lowest BCUT2D eigenvalue weighted by atomic mass is 10.1. The molecule has 0 aromatic carbocycles. The molecule has 0 atom stereocenters. The molecular weight excluding hydrogens is 230 g/mol. The number of hydrogen-bond acceptors (Lipinski definition) is 3. The normalized spacial score (nSPS) is 11.4. The molecule has 0 bridgehead atoms. The highest BCUT2D eigenvalue weighted by molar-refractivity contribution is 7.98. The molecule has 98 valence electrons. The zero-order valence-electron chi connectivity index (χ0n) is 11.7. The molecule has 0 radical (unpaired) electrons. The second-order valence-corrected chi connectivity index (χ2v) is 5.71. The summed E-state index contributed by atoms with van der Waals surface area (Å²) in [7, 11) is 0. The van der Waals surface area contributed by atoms with Crippen LogP contribution in [0, 0.1) is 13.8 Å². The van der Waals surface area contributed by atoms with E-state index in [0.717, 1.165) is 25.3 Å². The maximum Gasteiger partial charge on any atom is 0.0628 e. The third-order valence-electron chi connectivity index (χ3n) is 2.97. The van der Waals surface area contributed by atoms with Gasteiger partial charge in [0.1, 0.15) is 0 Å². The first-order chi connectivity index (χ1) is 8.06. The van der Waals surface area contributed by atoms with Gasteiger partial charge < -0.3 is 5.32 Å². The van der Waals surface area contributed by atoms with Crippen molar-refractivity contribution in [2.24, 2.45) is 0 Å². The standard InChI is InChI=1S/C13H25N3S/c1-10(2)14-7-6-13-11(3)15-16(12(13)4)8-9-17-5/h10,14H,6-9H2,1-5H3. The fraction of sp³-hybridized carbons (Fsp3) is 0.769. The van der Waals surface area contributed by atoms with Gasteiger partial charge in [0.25, 0.3) is 0 Å². The van der Waals surface area contributed by atoms with Gasteiger partial charge in [-0.2, -0.15) is 16.9 Å². The summed E-state index contributed by atoms with van der Waals surface area (Å²) in [6.45, 7) is 10.7. The highest BCUT2D eigenvalue weighted by Crippen LogP contribution is 2.14. The summed E-state index contributed by atoms with van der Waals surface area (Å²) in [4.78, 5) is 0. The molecule has 0 amide bonds. The van der Waals surface area contributed by atoms with E-state index in [1.54, 1.807) is 0 Å². The van der Waals surface area contributed by atoms with Gasteiger partial charge in [0.05, 0.1) is 12.2 Å². The second kappa shape index (κ2) is 7.07. The molecule has 0 aliphatic heterocycles. The molecule has 1 rings (SSSR count). The number of nitrogens with zero attached hydrogens (tertiary/aromatic N) is 2. The Morgan fingerprint density at radius 1 is 1.35 bits per heavy atom. The van der Waals surface area contributed by atoms with E-state index in [1.807, 2.05) is 11.8 Å². The molecule has 0 aliphatic carbocycles. The van der Waals surface area contributed by atoms with Crippen molar-refractivity contribution < 1.29 is 0 Å². The van der Waals surface area contributed by atoms with Gasteiger partial charge in [-0.1, -0.05) is 13.8 Å². The third kappa shape index (κ3) is 4.36. The van der Waals surface area contributed by atoms with Gasteiger partial charge in [-0.25, -0.2) is 0 Å². The SMILES string of the molecule is CSCCn1nc(C)c(CCNC(C)C)c1C. The zero-order valence-corrected chi connectivity index (χ0v) is 12.5. The van der Waals surface area contributed by atoms with Crippen LogP contribution in [0.3, 0.4) is 0 Å². The Balaban J connectivity index is 2.62. The third-order valence-corrected chi connectivity index (χ3v) is 3.56. The van der Waals surface area contributed by atoms with Crippen molar-refractivity contribution in [3.05, 3.63) is 17.0 Å². The predicted octanol–water partition coefficient (Wildman–Crippen LogP) is 2.40. The molecule has 0 unspecified atom stereocenters. The first-order valence-electron chi connectivity index (χ1n) is 6.31. The molecule has 1 N–H and O–H groups in total. The average Bonchev–Trinajstić information content (AvgIpc) is 2.53. The highest BCUT2D eigenvalue weighted by atomic mass is 32.2. The van der Waals surface area contributed by atoms with Crippen LogP contribution >= 0.6 is 11.8 Å². The Bertz CT molecular complexity index is 345. The molecule has 1 heterocycles. The fourth-order valence-electron chi connectivity index (χ4n) is 1.98. The molecule has 17 heavy (non-hydrogen) atoms. The topological polar surface area (TPSA) is 29.9 Å². The zero-order chi connectivity index (χ0) is 12.8. The fourth-order valence-corrected chi connectivity index (χ4v) is 2.33. The smallest absolute Gasteiger partial charge is 0.0628 e. The number of thioether (sulfide) groups is 1. The first kappa shape index (κ1) is 14.6. The van der Waals surface area contributed by atoms with E-state index < -0.39 is 0 Å². The summed E-state index contributed by atoms with van der Waals surface area (Å²) < 4.78 is 2.15. The molecular formula is C13H25N3S. The van der Waals surface area contributed by atoms with Crippen molar-refractivity contribution in [1.29, 1.82) is 0 Å². The molecule has 0 aliphatic rings. The van der Waals surface area contributed by atoms with Crippen LogP contribution in [0.1, 0.15) is 30.8 Å². The molecule has 0 spiro atoms. The van der Waals surface area contributed by atoms with Crippen LogP contribution in [0.4, 0.5) is 0 Å². The summed E-state index contributed by atoms with van der Waals surface area (Å²) in [5, 5.41) is 8.08. The van der Waals surface area contributed by atoms with Crippen LogP contribution in [0.15, 0.2) is 0 Å². The van der Waals surface area contributed by atoms with Gasteiger partial charge in [0, 0.05) is 17.5 Å². The Morgan fingerprint density at radius 3 is 2.65 bits per heavy atom. The summed E-state index contributed by atoms with van der Waals surface area (Å²) in [5.41, 5.74) is 3.94. The minimum Gasteiger partial charge on any atom is -0.314 e. The number of rotatable bonds is 7. The lowest BCUT2D eigenvalue weighted by Gasteiger charge is -2.08. The molecule has 1 aromatic rings. The van der Waals surface area contributed by atoms with Crippen molar-refractivity contribution in [3.63, 3.8) is 0 Å². The van der Waals surface area contributed by atoms with Crippen LogP contribution in [0.2, 0.25) is 0 Å². The monoisotopic (exact) mass is 255 g/mol. The van der Waals surface area contributed by atoms with Crippen LogP contribution < -0.4 is 5.32 Å². The molecule has 4 heteroatoms. The van der Waals surface area contributed by atoms with E-state index in [-0.39, 0.29) is 0 Å². The van der Waals surface area contributed by atoms with Crippen molar-refractivity contribution in [3.8, 4) is 0 Å². The van der Waals surface area contributed by atoms with Crippen LogP contribution in [-0.2, 0) is 13.0 Å². The highest BCUT2D eigenvalue weighted by Gasteiger charge is 2.10. The summed E-state index contributed by atoms with van der Waals surface area (Å²) in [6.07, 6.45) is 3.22. The Hall–Kier alpha value is -0.480. The van der Waals surface area contributed by atoms with Gasteiger partial charge in [0.2, 0.25) is 0 Å². The predicted molar refractivity (Wildman–Crippen MR) is 76.9 cm³/mol. The minimum absolute atomic E-state index is 0.558. The van der Waals surface area contributed by atoms with E-state index >= 15 is 0 Å². The number of hydrogen-bond donors (Lipinski definition) is 1. The van der Waals surface area contributed by atoms with Crippen molar-refractivity contribution >= 4 is 11.8 Å². The van der Waals surface area contributed by atoms with E-state index in [2.05, 4.69) is 49.0 Å². The van der Waals surface area contributed by atoms with Gasteiger partial charge in [-0.3, -0.25) is 4.68 Å². The van der Waals surface area contributed by atoms with Crippen molar-refractivity contribution in [1.82, 2.24) is 15.1 Å².